The van der Waals surface area contributed by atoms with E-state index < -0.39 is 12.1 Å². The van der Waals surface area contributed by atoms with E-state index in [0.29, 0.717) is 0 Å². The highest BCUT2D eigenvalue weighted by atomic mass is 16.5. The minimum atomic E-state index is -0.580. The van der Waals surface area contributed by atoms with Crippen molar-refractivity contribution in [2.45, 2.75) is 50.1 Å². The number of rotatable bonds is 5. The minimum absolute atomic E-state index is 0.0864. The third kappa shape index (κ3) is 4.16. The van der Waals surface area contributed by atoms with E-state index in [-0.39, 0.29) is 25.0 Å². The lowest BCUT2D eigenvalue weighted by Crippen LogP contribution is -2.65. The number of nitriles is 1. The number of carbonyl (C=O) groups excluding carboxylic acids is 1. The van der Waals surface area contributed by atoms with E-state index >= 15 is 0 Å². The van der Waals surface area contributed by atoms with E-state index in [1.807, 2.05) is 24.3 Å². The molecule has 1 saturated carbocycles. The molecule has 1 saturated heterocycles. The molecule has 0 aromatic heterocycles. The van der Waals surface area contributed by atoms with Crippen LogP contribution in [-0.4, -0.2) is 48.3 Å². The van der Waals surface area contributed by atoms with Crippen LogP contribution in [0.15, 0.2) is 24.3 Å². The van der Waals surface area contributed by atoms with E-state index in [1.165, 1.54) is 37.7 Å². The maximum atomic E-state index is 12.1. The molecule has 5 heteroatoms. The molecule has 1 N–H and O–H groups in total. The Morgan fingerprint density at radius 1 is 1.30 bits per heavy atom. The van der Waals surface area contributed by atoms with E-state index in [9.17, 15) is 15.2 Å². The van der Waals surface area contributed by atoms with Crippen LogP contribution in [0.1, 0.15) is 49.1 Å². The van der Waals surface area contributed by atoms with Gasteiger partial charge in [0.05, 0.1) is 18.7 Å². The van der Waals surface area contributed by atoms with Crippen molar-refractivity contribution in [2.24, 2.45) is 5.92 Å². The Labute approximate surface area is 160 Å². The summed E-state index contributed by atoms with van der Waals surface area (Å²) >= 11 is 0. The van der Waals surface area contributed by atoms with E-state index in [1.54, 1.807) is 0 Å². The number of aliphatic hydroxyl groups is 1. The Kier molecular flexibility index (Phi) is 6.50. The average molecular weight is 366 g/mol. The van der Waals surface area contributed by atoms with Crippen molar-refractivity contribution in [2.75, 3.05) is 20.3 Å². The number of benzene rings is 1. The van der Waals surface area contributed by atoms with Gasteiger partial charge in [0, 0.05) is 25.0 Å². The Hall–Kier alpha value is -2.34. The normalized spacial score (nSPS) is 24.6. The topological polar surface area (TPSA) is 73.6 Å². The summed E-state index contributed by atoms with van der Waals surface area (Å²) in [6, 6.07) is 9.05. The van der Waals surface area contributed by atoms with Gasteiger partial charge < -0.3 is 14.7 Å². The van der Waals surface area contributed by atoms with Crippen LogP contribution in [0, 0.1) is 29.1 Å². The third-order valence-corrected chi connectivity index (χ3v) is 5.68. The van der Waals surface area contributed by atoms with Crippen LogP contribution in [0.3, 0.4) is 0 Å². The zero-order valence-corrected chi connectivity index (χ0v) is 15.7. The molecule has 0 radical (unpaired) electrons. The molecular weight excluding hydrogens is 340 g/mol. The first-order valence-corrected chi connectivity index (χ1v) is 9.59. The van der Waals surface area contributed by atoms with Crippen LogP contribution in [0.5, 0.6) is 0 Å². The summed E-state index contributed by atoms with van der Waals surface area (Å²) in [5.74, 6) is 6.80. The van der Waals surface area contributed by atoms with Gasteiger partial charge >= 0.3 is 0 Å². The molecule has 0 unspecified atom stereocenters. The maximum Gasteiger partial charge on any atom is 0.249 e. The van der Waals surface area contributed by atoms with Crippen LogP contribution in [-0.2, 0) is 9.53 Å². The molecule has 1 aromatic carbocycles. The predicted octanol–water partition coefficient (Wildman–Crippen LogP) is 2.44. The smallest absolute Gasteiger partial charge is 0.249 e. The monoisotopic (exact) mass is 366 g/mol. The molecule has 0 spiro atoms. The molecule has 2 aliphatic rings. The summed E-state index contributed by atoms with van der Waals surface area (Å²) in [5, 5.41) is 19.2. The first-order valence-electron chi connectivity index (χ1n) is 9.59. The number of hydrogen-bond acceptors (Lipinski definition) is 4. The summed E-state index contributed by atoms with van der Waals surface area (Å²) < 4.78 is 4.88. The van der Waals surface area contributed by atoms with Crippen molar-refractivity contribution < 1.29 is 14.6 Å². The van der Waals surface area contributed by atoms with Crippen LogP contribution in [0.2, 0.25) is 0 Å². The molecule has 1 aromatic rings. The van der Waals surface area contributed by atoms with Crippen molar-refractivity contribution in [3.8, 4) is 17.9 Å². The summed E-state index contributed by atoms with van der Waals surface area (Å²) in [7, 11) is 1.44. The van der Waals surface area contributed by atoms with Gasteiger partial charge in [0.2, 0.25) is 5.91 Å². The van der Waals surface area contributed by atoms with Gasteiger partial charge in [0.1, 0.15) is 12.6 Å². The van der Waals surface area contributed by atoms with Crippen LogP contribution >= 0.6 is 0 Å². The number of carbonyl (C=O) groups is 1. The quantitative estimate of drug-likeness (QED) is 0.813. The predicted molar refractivity (Wildman–Crippen MR) is 102 cm³/mol. The van der Waals surface area contributed by atoms with Crippen molar-refractivity contribution in [3.05, 3.63) is 35.4 Å². The Morgan fingerprint density at radius 2 is 2.00 bits per heavy atom. The van der Waals surface area contributed by atoms with E-state index in [2.05, 4.69) is 17.9 Å². The fourth-order valence-corrected chi connectivity index (χ4v) is 4.25. The highest BCUT2D eigenvalue weighted by Crippen LogP contribution is 2.40. The number of aliphatic hydroxyl groups excluding tert-OH is 1. The Morgan fingerprint density at radius 3 is 2.59 bits per heavy atom. The van der Waals surface area contributed by atoms with Crippen LogP contribution < -0.4 is 0 Å². The molecule has 1 aliphatic heterocycles. The molecule has 0 bridgehead atoms. The molecule has 1 heterocycles. The Bertz CT molecular complexity index is 750. The highest BCUT2D eigenvalue weighted by molar-refractivity contribution is 5.80. The van der Waals surface area contributed by atoms with Gasteiger partial charge in [-0.15, -0.1) is 0 Å². The van der Waals surface area contributed by atoms with Crippen LogP contribution in [0.25, 0.3) is 0 Å². The molecule has 1 amide bonds. The highest BCUT2D eigenvalue weighted by Gasteiger charge is 2.51. The largest absolute Gasteiger partial charge is 0.394 e. The van der Waals surface area contributed by atoms with Gasteiger partial charge in [-0.1, -0.05) is 36.8 Å². The lowest BCUT2D eigenvalue weighted by Gasteiger charge is -2.51. The number of ether oxygens (including phenoxy) is 1. The first-order chi connectivity index (χ1) is 13.2. The molecule has 2 fully saturated rings. The van der Waals surface area contributed by atoms with E-state index in [0.717, 1.165) is 23.5 Å². The molecule has 1 aliphatic carbocycles. The molecule has 27 heavy (non-hydrogen) atoms. The first kappa shape index (κ1) is 19.4. The minimum Gasteiger partial charge on any atom is -0.394 e. The van der Waals surface area contributed by atoms with Gasteiger partial charge in [-0.25, -0.2) is 0 Å². The summed E-state index contributed by atoms with van der Waals surface area (Å²) in [4.78, 5) is 13.6. The standard InChI is InChI=1S/C22H26N2O3/c1-27-15-21(26)24-19(13-23)22(20(24)14-25)18-11-9-17(10-12-18)8-4-7-16-5-2-3-6-16/h9-12,16,19-20,22,25H,2-3,5-7,14-15H2,1H3/t19-,20-,22-/m0/s1. The van der Waals surface area contributed by atoms with Gasteiger partial charge in [0.15, 0.2) is 0 Å². The second kappa shape index (κ2) is 9.04. The number of nitrogens with zero attached hydrogens (tertiary/aromatic N) is 2. The van der Waals surface area contributed by atoms with Gasteiger partial charge in [-0.3, -0.25) is 4.79 Å². The van der Waals surface area contributed by atoms with Crippen LogP contribution in [0.4, 0.5) is 0 Å². The van der Waals surface area contributed by atoms with Gasteiger partial charge in [-0.2, -0.15) is 5.26 Å². The third-order valence-electron chi connectivity index (χ3n) is 5.68. The maximum absolute atomic E-state index is 12.1. The fraction of sp³-hybridized carbons (Fsp3) is 0.545. The van der Waals surface area contributed by atoms with Crippen molar-refractivity contribution >= 4 is 5.91 Å². The molecule has 3 rings (SSSR count). The summed E-state index contributed by atoms with van der Waals surface area (Å²) in [5.41, 5.74) is 1.90. The van der Waals surface area contributed by atoms with E-state index in [4.69, 9.17) is 4.74 Å². The second-order valence-electron chi connectivity index (χ2n) is 7.36. The van der Waals surface area contributed by atoms with Gasteiger partial charge in [0.25, 0.3) is 0 Å². The lowest BCUT2D eigenvalue weighted by atomic mass is 9.75. The second-order valence-corrected chi connectivity index (χ2v) is 7.36. The van der Waals surface area contributed by atoms with Crippen molar-refractivity contribution in [1.29, 1.82) is 5.26 Å². The number of amides is 1. The zero-order chi connectivity index (χ0) is 19.2. The van der Waals surface area contributed by atoms with Gasteiger partial charge in [-0.05, 0) is 36.5 Å². The fourth-order valence-electron chi connectivity index (χ4n) is 4.25. The number of hydrogen-bond donors (Lipinski definition) is 1. The molecule has 5 nitrogen and oxygen atoms in total. The summed E-state index contributed by atoms with van der Waals surface area (Å²) in [6.07, 6.45) is 6.22. The molecule has 142 valence electrons. The Balaban J connectivity index is 1.67. The number of methoxy groups -OCH3 is 1. The summed E-state index contributed by atoms with van der Waals surface area (Å²) in [6.45, 7) is -0.266. The molecule has 3 atom stereocenters. The number of likely N-dealkylation sites (tertiary alicyclic amines) is 1. The van der Waals surface area contributed by atoms with Crippen molar-refractivity contribution in [3.63, 3.8) is 0 Å². The lowest BCUT2D eigenvalue weighted by molar-refractivity contribution is -0.150. The average Bonchev–Trinajstić information content (AvgIpc) is 3.16. The zero-order valence-electron chi connectivity index (χ0n) is 15.7. The van der Waals surface area contributed by atoms with Crippen molar-refractivity contribution in [1.82, 2.24) is 4.90 Å². The SMILES string of the molecule is COCC(=O)N1[C@@H](C#N)[C@H](c2ccc(C#CCC3CCCC3)cc2)[C@@H]1CO. The molecular formula is C22H26N2O3.